The summed E-state index contributed by atoms with van der Waals surface area (Å²) in [5.74, 6) is 0.786. The number of aromatic nitrogens is 1. The van der Waals surface area contributed by atoms with Gasteiger partial charge in [0.15, 0.2) is 5.13 Å². The molecule has 0 radical (unpaired) electrons. The van der Waals surface area contributed by atoms with Crippen LogP contribution >= 0.6 is 11.3 Å². The Balaban J connectivity index is 2.45. The van der Waals surface area contributed by atoms with Crippen LogP contribution in [0.15, 0.2) is 6.20 Å². The lowest BCUT2D eigenvalue weighted by molar-refractivity contribution is 0.554. The minimum absolute atomic E-state index is 0.157. The fraction of sp³-hybridized carbons (Fsp3) is 0.750. The van der Waals surface area contributed by atoms with Crippen LogP contribution in [0.3, 0.4) is 0 Å². The quantitative estimate of drug-likeness (QED) is 0.786. The van der Waals surface area contributed by atoms with Crippen molar-refractivity contribution in [3.05, 3.63) is 11.1 Å². The summed E-state index contributed by atoms with van der Waals surface area (Å²) in [6.45, 7) is 6.62. The third-order valence-corrected chi connectivity index (χ3v) is 4.55. The largest absolute Gasteiger partial charge is 0.350 e. The van der Waals surface area contributed by atoms with Crippen LogP contribution in [0.5, 0.6) is 0 Å². The number of hydrogen-bond donors (Lipinski definition) is 1. The molecule has 0 unspecified atom stereocenters. The number of nitrogens with zero attached hydrogens (tertiary/aromatic N) is 2. The molecule has 0 amide bonds. The van der Waals surface area contributed by atoms with Crippen molar-refractivity contribution in [2.45, 2.75) is 20.4 Å². The first kappa shape index (κ1) is 16.4. The van der Waals surface area contributed by atoms with Crippen molar-refractivity contribution in [3.63, 3.8) is 0 Å². The van der Waals surface area contributed by atoms with Crippen LogP contribution in [0, 0.1) is 5.92 Å². The van der Waals surface area contributed by atoms with Gasteiger partial charge in [0.2, 0.25) is 0 Å². The standard InChI is InChI=1S/C12H23N3O2S2/c1-10(2)7-13-8-11-9-14-12(18-11)15(3)5-6-19(4,16)17/h9-10,13H,5-8H2,1-4H3. The van der Waals surface area contributed by atoms with Gasteiger partial charge in [-0.2, -0.15) is 0 Å². The van der Waals surface area contributed by atoms with Gasteiger partial charge in [-0.05, 0) is 12.5 Å². The number of rotatable bonds is 8. The van der Waals surface area contributed by atoms with Gasteiger partial charge in [0.1, 0.15) is 9.84 Å². The Labute approximate surface area is 120 Å². The van der Waals surface area contributed by atoms with Gasteiger partial charge in [-0.1, -0.05) is 13.8 Å². The van der Waals surface area contributed by atoms with Crippen LogP contribution in [0.1, 0.15) is 18.7 Å². The zero-order chi connectivity index (χ0) is 14.5. The van der Waals surface area contributed by atoms with Gasteiger partial charge in [0.25, 0.3) is 0 Å². The van der Waals surface area contributed by atoms with Gasteiger partial charge in [-0.25, -0.2) is 13.4 Å². The second-order valence-electron chi connectivity index (χ2n) is 5.19. The molecule has 1 aromatic heterocycles. The summed E-state index contributed by atoms with van der Waals surface area (Å²) < 4.78 is 22.2. The molecule has 0 aromatic carbocycles. The minimum atomic E-state index is -2.92. The zero-order valence-electron chi connectivity index (χ0n) is 12.0. The van der Waals surface area contributed by atoms with E-state index >= 15 is 0 Å². The summed E-state index contributed by atoms with van der Waals surface area (Å²) in [5, 5.41) is 4.23. The Kier molecular flexibility index (Phi) is 6.22. The SMILES string of the molecule is CC(C)CNCc1cnc(N(C)CCS(C)(=O)=O)s1. The van der Waals surface area contributed by atoms with E-state index < -0.39 is 9.84 Å². The molecule has 0 aliphatic rings. The second kappa shape index (κ2) is 7.21. The molecule has 19 heavy (non-hydrogen) atoms. The van der Waals surface area contributed by atoms with E-state index in [0.29, 0.717) is 12.5 Å². The Bertz CT molecular complexity index is 483. The lowest BCUT2D eigenvalue weighted by atomic mass is 10.2. The molecule has 1 heterocycles. The van der Waals surface area contributed by atoms with Crippen molar-refractivity contribution in [2.24, 2.45) is 5.92 Å². The summed E-state index contributed by atoms with van der Waals surface area (Å²) in [7, 11) is -1.05. The normalized spacial score (nSPS) is 12.1. The molecule has 0 saturated heterocycles. The highest BCUT2D eigenvalue weighted by atomic mass is 32.2. The molecule has 0 fully saturated rings. The second-order valence-corrected chi connectivity index (χ2v) is 8.54. The lowest BCUT2D eigenvalue weighted by Gasteiger charge is -2.14. The molecule has 0 aliphatic heterocycles. The molecule has 0 aliphatic carbocycles. The molecule has 1 rings (SSSR count). The Morgan fingerprint density at radius 3 is 2.74 bits per heavy atom. The van der Waals surface area contributed by atoms with Gasteiger partial charge in [-0.3, -0.25) is 0 Å². The average molecular weight is 305 g/mol. The van der Waals surface area contributed by atoms with Crippen LogP contribution in [-0.2, 0) is 16.4 Å². The molecule has 1 N–H and O–H groups in total. The molecule has 0 bridgehead atoms. The number of nitrogens with one attached hydrogen (secondary N) is 1. The summed E-state index contributed by atoms with van der Waals surface area (Å²) in [4.78, 5) is 7.38. The van der Waals surface area contributed by atoms with E-state index in [4.69, 9.17) is 0 Å². The number of thiazole rings is 1. The van der Waals surface area contributed by atoms with E-state index in [1.54, 1.807) is 11.3 Å². The van der Waals surface area contributed by atoms with Crippen molar-refractivity contribution < 1.29 is 8.42 Å². The fourth-order valence-electron chi connectivity index (χ4n) is 1.44. The fourth-order valence-corrected chi connectivity index (χ4v) is 2.91. The predicted octanol–water partition coefficient (Wildman–Crippen LogP) is 1.37. The van der Waals surface area contributed by atoms with Crippen molar-refractivity contribution in [2.75, 3.05) is 37.0 Å². The predicted molar refractivity (Wildman–Crippen MR) is 81.6 cm³/mol. The van der Waals surface area contributed by atoms with E-state index in [1.807, 2.05) is 18.1 Å². The van der Waals surface area contributed by atoms with Crippen LogP contribution in [0.4, 0.5) is 5.13 Å². The van der Waals surface area contributed by atoms with Crippen LogP contribution in [0.2, 0.25) is 0 Å². The summed E-state index contributed by atoms with van der Waals surface area (Å²) in [6, 6.07) is 0. The first-order valence-electron chi connectivity index (χ1n) is 6.32. The van der Waals surface area contributed by atoms with Gasteiger partial charge in [0, 0.05) is 37.5 Å². The number of hydrogen-bond acceptors (Lipinski definition) is 6. The van der Waals surface area contributed by atoms with Gasteiger partial charge in [-0.15, -0.1) is 11.3 Å². The third kappa shape index (κ3) is 6.89. The smallest absolute Gasteiger partial charge is 0.185 e. The molecular formula is C12H23N3O2S2. The topological polar surface area (TPSA) is 62.3 Å². The van der Waals surface area contributed by atoms with E-state index in [9.17, 15) is 8.42 Å². The van der Waals surface area contributed by atoms with Crippen molar-refractivity contribution in [1.29, 1.82) is 0 Å². The summed E-state index contributed by atoms with van der Waals surface area (Å²) in [5.41, 5.74) is 0. The highest BCUT2D eigenvalue weighted by Gasteiger charge is 2.10. The van der Waals surface area contributed by atoms with Crippen molar-refractivity contribution >= 4 is 26.3 Å². The van der Waals surface area contributed by atoms with Crippen LogP contribution in [0.25, 0.3) is 0 Å². The Morgan fingerprint density at radius 2 is 2.16 bits per heavy atom. The molecule has 5 nitrogen and oxygen atoms in total. The van der Waals surface area contributed by atoms with Crippen molar-refractivity contribution in [3.8, 4) is 0 Å². The molecule has 7 heteroatoms. The average Bonchev–Trinajstić information content (AvgIpc) is 2.73. The maximum Gasteiger partial charge on any atom is 0.185 e. The molecule has 110 valence electrons. The maximum atomic E-state index is 11.1. The first-order chi connectivity index (χ1) is 8.78. The molecule has 0 spiro atoms. The lowest BCUT2D eigenvalue weighted by Crippen LogP contribution is -2.24. The van der Waals surface area contributed by atoms with Gasteiger partial charge in [0.05, 0.1) is 5.75 Å². The van der Waals surface area contributed by atoms with E-state index in [2.05, 4.69) is 24.1 Å². The van der Waals surface area contributed by atoms with Crippen LogP contribution in [-0.4, -0.2) is 45.5 Å². The Hall–Kier alpha value is -0.660. The number of anilines is 1. The monoisotopic (exact) mass is 305 g/mol. The minimum Gasteiger partial charge on any atom is -0.350 e. The third-order valence-electron chi connectivity index (χ3n) is 2.52. The van der Waals surface area contributed by atoms with E-state index in [0.717, 1.165) is 18.2 Å². The van der Waals surface area contributed by atoms with Crippen molar-refractivity contribution in [1.82, 2.24) is 10.3 Å². The molecule has 1 aromatic rings. The van der Waals surface area contributed by atoms with Gasteiger partial charge >= 0.3 is 0 Å². The van der Waals surface area contributed by atoms with E-state index in [1.165, 1.54) is 11.1 Å². The van der Waals surface area contributed by atoms with Crippen LogP contribution < -0.4 is 10.2 Å². The Morgan fingerprint density at radius 1 is 1.47 bits per heavy atom. The maximum absolute atomic E-state index is 11.1. The summed E-state index contributed by atoms with van der Waals surface area (Å²) >= 11 is 1.60. The molecule has 0 atom stereocenters. The van der Waals surface area contributed by atoms with E-state index in [-0.39, 0.29) is 5.75 Å². The number of sulfone groups is 1. The molecule has 0 saturated carbocycles. The first-order valence-corrected chi connectivity index (χ1v) is 9.20. The zero-order valence-corrected chi connectivity index (χ0v) is 13.6. The highest BCUT2D eigenvalue weighted by Crippen LogP contribution is 2.21. The summed E-state index contributed by atoms with van der Waals surface area (Å²) in [6.07, 6.45) is 3.11. The molecular weight excluding hydrogens is 282 g/mol. The highest BCUT2D eigenvalue weighted by molar-refractivity contribution is 7.90. The van der Waals surface area contributed by atoms with Gasteiger partial charge < -0.3 is 10.2 Å².